The van der Waals surface area contributed by atoms with Crippen molar-refractivity contribution >= 4 is 11.0 Å². The normalized spacial score (nSPS) is 12.2. The quantitative estimate of drug-likeness (QED) is 0.413. The van der Waals surface area contributed by atoms with E-state index < -0.39 is 6.10 Å². The highest BCUT2D eigenvalue weighted by Crippen LogP contribution is 2.25. The van der Waals surface area contributed by atoms with E-state index in [2.05, 4.69) is 13.0 Å². The van der Waals surface area contributed by atoms with E-state index in [1.807, 2.05) is 79.9 Å². The average Bonchev–Trinajstić information content (AvgIpc) is 3.12. The van der Waals surface area contributed by atoms with Crippen LogP contribution in [0.15, 0.2) is 60.7 Å². The van der Waals surface area contributed by atoms with Crippen LogP contribution < -0.4 is 9.47 Å². The van der Waals surface area contributed by atoms with Gasteiger partial charge in [-0.3, -0.25) is 0 Å². The molecule has 0 saturated heterocycles. The first-order valence-electron chi connectivity index (χ1n) is 10.9. The van der Waals surface area contributed by atoms with E-state index in [-0.39, 0.29) is 6.61 Å². The van der Waals surface area contributed by atoms with Crippen molar-refractivity contribution in [1.82, 2.24) is 9.55 Å². The molecule has 166 valence electrons. The van der Waals surface area contributed by atoms with Crippen molar-refractivity contribution in [2.24, 2.45) is 0 Å². The largest absolute Gasteiger partial charge is 0.491 e. The lowest BCUT2D eigenvalue weighted by molar-refractivity contribution is 0.0914. The number of fused-ring (bicyclic) bond motifs is 1. The number of para-hydroxylation sites is 3. The van der Waals surface area contributed by atoms with E-state index >= 15 is 0 Å². The molecule has 1 N–H and O–H groups in total. The van der Waals surface area contributed by atoms with Crippen LogP contribution in [-0.4, -0.2) is 27.4 Å². The number of aliphatic hydroxyl groups excluding tert-OH is 1. The smallest absolute Gasteiger partial charge is 0.148 e. The maximum atomic E-state index is 10.8. The van der Waals surface area contributed by atoms with Gasteiger partial charge >= 0.3 is 0 Å². The molecule has 1 aromatic heterocycles. The molecule has 5 heteroatoms. The molecule has 0 radical (unpaired) electrons. The molecule has 0 amide bonds. The average molecular weight is 431 g/mol. The summed E-state index contributed by atoms with van der Waals surface area (Å²) in [5.41, 5.74) is 6.30. The Balaban J connectivity index is 1.53. The van der Waals surface area contributed by atoms with Gasteiger partial charge in [0.2, 0.25) is 0 Å². The molecule has 0 fully saturated rings. The van der Waals surface area contributed by atoms with E-state index in [1.165, 1.54) is 5.56 Å². The minimum absolute atomic E-state index is 0.202. The third kappa shape index (κ3) is 4.63. The number of hydrogen-bond donors (Lipinski definition) is 1. The van der Waals surface area contributed by atoms with Gasteiger partial charge in [-0.2, -0.15) is 0 Å². The molecule has 0 saturated carbocycles. The lowest BCUT2D eigenvalue weighted by atomic mass is 10.1. The summed E-state index contributed by atoms with van der Waals surface area (Å²) in [7, 11) is 0. The van der Waals surface area contributed by atoms with Crippen LogP contribution in [0.5, 0.6) is 11.5 Å². The van der Waals surface area contributed by atoms with Crippen molar-refractivity contribution < 1.29 is 14.6 Å². The van der Waals surface area contributed by atoms with Crippen LogP contribution in [0.25, 0.3) is 11.0 Å². The number of aliphatic hydroxyl groups is 1. The monoisotopic (exact) mass is 430 g/mol. The number of ether oxygens (including phenoxy) is 2. The number of hydrogen-bond acceptors (Lipinski definition) is 4. The number of aromatic nitrogens is 2. The minimum atomic E-state index is -0.688. The molecular formula is C27H30N2O3. The molecule has 1 heterocycles. The molecule has 0 aliphatic heterocycles. The van der Waals surface area contributed by atoms with Crippen molar-refractivity contribution in [3.63, 3.8) is 0 Å². The Morgan fingerprint density at radius 3 is 2.31 bits per heavy atom. The van der Waals surface area contributed by atoms with Crippen molar-refractivity contribution in [2.75, 3.05) is 6.61 Å². The Morgan fingerprint density at radius 1 is 0.844 bits per heavy atom. The molecular weight excluding hydrogens is 400 g/mol. The van der Waals surface area contributed by atoms with Crippen LogP contribution >= 0.6 is 0 Å². The lowest BCUT2D eigenvalue weighted by Crippen LogP contribution is -2.25. The summed E-state index contributed by atoms with van der Waals surface area (Å²) in [4.78, 5) is 4.77. The van der Waals surface area contributed by atoms with Crippen LogP contribution in [0.3, 0.4) is 0 Å². The summed E-state index contributed by atoms with van der Waals surface area (Å²) < 4.78 is 14.1. The van der Waals surface area contributed by atoms with Gasteiger partial charge in [0, 0.05) is 0 Å². The van der Waals surface area contributed by atoms with Gasteiger partial charge in [0.25, 0.3) is 0 Å². The lowest BCUT2D eigenvalue weighted by Gasteiger charge is -2.18. The fourth-order valence-electron chi connectivity index (χ4n) is 3.93. The molecule has 0 aliphatic carbocycles. The first-order chi connectivity index (χ1) is 15.4. The van der Waals surface area contributed by atoms with Gasteiger partial charge in [-0.15, -0.1) is 0 Å². The Bertz CT molecular complexity index is 1210. The van der Waals surface area contributed by atoms with Crippen LogP contribution in [0.4, 0.5) is 0 Å². The Morgan fingerprint density at radius 2 is 1.53 bits per heavy atom. The van der Waals surface area contributed by atoms with E-state index in [0.717, 1.165) is 45.0 Å². The third-order valence-electron chi connectivity index (χ3n) is 5.87. The summed E-state index contributed by atoms with van der Waals surface area (Å²) in [6, 6.07) is 20.0. The van der Waals surface area contributed by atoms with Gasteiger partial charge in [0.1, 0.15) is 36.6 Å². The summed E-state index contributed by atoms with van der Waals surface area (Å²) in [5, 5.41) is 10.8. The van der Waals surface area contributed by atoms with Crippen molar-refractivity contribution in [2.45, 2.75) is 47.0 Å². The van der Waals surface area contributed by atoms with Crippen LogP contribution in [0.2, 0.25) is 0 Å². The Kier molecular flexibility index (Phi) is 6.47. The maximum Gasteiger partial charge on any atom is 0.148 e. The maximum absolute atomic E-state index is 10.8. The first kappa shape index (κ1) is 21.9. The molecule has 5 nitrogen and oxygen atoms in total. The zero-order valence-electron chi connectivity index (χ0n) is 19.1. The molecule has 0 aliphatic rings. The van der Waals surface area contributed by atoms with Crippen LogP contribution in [0, 0.1) is 27.7 Å². The van der Waals surface area contributed by atoms with E-state index in [1.54, 1.807) is 0 Å². The van der Waals surface area contributed by atoms with E-state index in [4.69, 9.17) is 14.5 Å². The van der Waals surface area contributed by atoms with Crippen molar-refractivity contribution in [1.29, 1.82) is 0 Å². The second-order valence-corrected chi connectivity index (χ2v) is 8.30. The predicted molar refractivity (Wildman–Crippen MR) is 127 cm³/mol. The fraction of sp³-hybridized carbons (Fsp3) is 0.296. The van der Waals surface area contributed by atoms with Gasteiger partial charge in [0.05, 0.1) is 17.6 Å². The first-order valence-corrected chi connectivity index (χ1v) is 10.9. The van der Waals surface area contributed by atoms with Crippen LogP contribution in [-0.2, 0) is 13.2 Å². The number of nitrogens with zero attached hydrogens (tertiary/aromatic N) is 2. The molecule has 4 rings (SSSR count). The molecule has 1 unspecified atom stereocenters. The predicted octanol–water partition coefficient (Wildman–Crippen LogP) is 5.29. The number of rotatable bonds is 8. The second-order valence-electron chi connectivity index (χ2n) is 8.30. The number of benzene rings is 3. The third-order valence-corrected chi connectivity index (χ3v) is 5.87. The molecule has 3 aromatic carbocycles. The van der Waals surface area contributed by atoms with Crippen molar-refractivity contribution in [3.05, 3.63) is 88.7 Å². The van der Waals surface area contributed by atoms with Gasteiger partial charge in [0.15, 0.2) is 0 Å². The Hall–Kier alpha value is -3.31. The highest BCUT2D eigenvalue weighted by atomic mass is 16.5. The summed E-state index contributed by atoms with van der Waals surface area (Å²) in [6.07, 6.45) is -0.688. The van der Waals surface area contributed by atoms with Gasteiger partial charge in [-0.1, -0.05) is 42.5 Å². The molecule has 0 bridgehead atoms. The standard InChI is InChI=1S/C27H30N2O3/c1-18-9-8-14-25(21(18)4)31-16-22(30)15-29-24-13-6-5-12-23(24)28-26(29)17-32-27-19(2)10-7-11-20(27)3/h5-14,22,30H,15-17H2,1-4H3. The summed E-state index contributed by atoms with van der Waals surface area (Å²) in [5.74, 6) is 2.46. The summed E-state index contributed by atoms with van der Waals surface area (Å²) >= 11 is 0. The van der Waals surface area contributed by atoms with E-state index in [9.17, 15) is 5.11 Å². The zero-order chi connectivity index (χ0) is 22.7. The van der Waals surface area contributed by atoms with Crippen molar-refractivity contribution in [3.8, 4) is 11.5 Å². The Labute approximate surface area is 189 Å². The molecule has 1 atom stereocenters. The molecule has 32 heavy (non-hydrogen) atoms. The van der Waals surface area contributed by atoms with Gasteiger partial charge in [-0.05, 0) is 68.1 Å². The van der Waals surface area contributed by atoms with Gasteiger partial charge < -0.3 is 19.1 Å². The topological polar surface area (TPSA) is 56.5 Å². The number of aryl methyl sites for hydroxylation is 3. The van der Waals surface area contributed by atoms with Gasteiger partial charge in [-0.25, -0.2) is 4.98 Å². The molecule has 4 aromatic rings. The summed E-state index contributed by atoms with van der Waals surface area (Å²) in [6.45, 7) is 9.07. The fourth-order valence-corrected chi connectivity index (χ4v) is 3.93. The molecule has 0 spiro atoms. The number of imidazole rings is 1. The highest BCUT2D eigenvalue weighted by molar-refractivity contribution is 5.75. The highest BCUT2D eigenvalue weighted by Gasteiger charge is 2.16. The van der Waals surface area contributed by atoms with E-state index in [0.29, 0.717) is 13.2 Å². The SMILES string of the molecule is Cc1cccc(OCC(O)Cn2c(COc3c(C)cccc3C)nc3ccccc32)c1C. The van der Waals surface area contributed by atoms with Crippen LogP contribution in [0.1, 0.15) is 28.1 Å². The second kappa shape index (κ2) is 9.45. The minimum Gasteiger partial charge on any atom is -0.491 e. The zero-order valence-corrected chi connectivity index (χ0v) is 19.1.